The van der Waals surface area contributed by atoms with Crippen LogP contribution in [0.25, 0.3) is 0 Å². The Bertz CT molecular complexity index is 517. The SMILES string of the molecule is COc1cccc(C2(C(N)=O)CCC(=O)C(Br)C2)c1. The highest BCUT2D eigenvalue weighted by Crippen LogP contribution is 2.41. The van der Waals surface area contributed by atoms with Crippen molar-refractivity contribution in [3.05, 3.63) is 29.8 Å². The number of hydrogen-bond acceptors (Lipinski definition) is 3. The Hall–Kier alpha value is -1.36. The molecule has 5 heteroatoms. The minimum atomic E-state index is -0.795. The Morgan fingerprint density at radius 3 is 2.84 bits per heavy atom. The van der Waals surface area contributed by atoms with Crippen molar-refractivity contribution in [1.82, 2.24) is 0 Å². The van der Waals surface area contributed by atoms with Gasteiger partial charge in [0.2, 0.25) is 5.91 Å². The van der Waals surface area contributed by atoms with Crippen LogP contribution >= 0.6 is 15.9 Å². The third-order valence-electron chi connectivity index (χ3n) is 3.77. The van der Waals surface area contributed by atoms with Crippen LogP contribution in [0.2, 0.25) is 0 Å². The Morgan fingerprint density at radius 1 is 1.53 bits per heavy atom. The summed E-state index contributed by atoms with van der Waals surface area (Å²) in [6.45, 7) is 0. The second-order valence-corrected chi connectivity index (χ2v) is 5.92. The molecule has 4 nitrogen and oxygen atoms in total. The molecule has 0 saturated heterocycles. The predicted molar refractivity (Wildman–Crippen MR) is 75.4 cm³/mol. The van der Waals surface area contributed by atoms with E-state index in [-0.39, 0.29) is 10.6 Å². The lowest BCUT2D eigenvalue weighted by molar-refractivity contribution is -0.127. The lowest BCUT2D eigenvalue weighted by atomic mass is 9.68. The molecular weight excluding hydrogens is 310 g/mol. The normalized spacial score (nSPS) is 27.1. The molecule has 2 rings (SSSR count). The second kappa shape index (κ2) is 5.33. The minimum absolute atomic E-state index is 0.125. The quantitative estimate of drug-likeness (QED) is 0.863. The molecule has 0 heterocycles. The van der Waals surface area contributed by atoms with E-state index in [9.17, 15) is 9.59 Å². The number of hydrogen-bond donors (Lipinski definition) is 1. The highest BCUT2D eigenvalue weighted by Gasteiger charge is 2.45. The van der Waals surface area contributed by atoms with Crippen molar-refractivity contribution in [3.63, 3.8) is 0 Å². The van der Waals surface area contributed by atoms with Gasteiger partial charge < -0.3 is 10.5 Å². The van der Waals surface area contributed by atoms with Gasteiger partial charge in [0.1, 0.15) is 11.5 Å². The topological polar surface area (TPSA) is 69.4 Å². The van der Waals surface area contributed by atoms with Crippen LogP contribution in [0.15, 0.2) is 24.3 Å². The maximum absolute atomic E-state index is 12.0. The molecule has 102 valence electrons. The van der Waals surface area contributed by atoms with Crippen molar-refractivity contribution in [2.45, 2.75) is 29.5 Å². The van der Waals surface area contributed by atoms with Crippen molar-refractivity contribution in [3.8, 4) is 5.75 Å². The van der Waals surface area contributed by atoms with Crippen LogP contribution < -0.4 is 10.5 Å². The maximum atomic E-state index is 12.0. The highest BCUT2D eigenvalue weighted by atomic mass is 79.9. The van der Waals surface area contributed by atoms with Gasteiger partial charge in [-0.15, -0.1) is 0 Å². The molecule has 0 aliphatic heterocycles. The smallest absolute Gasteiger partial charge is 0.228 e. The van der Waals surface area contributed by atoms with Gasteiger partial charge in [0, 0.05) is 6.42 Å². The highest BCUT2D eigenvalue weighted by molar-refractivity contribution is 9.10. The summed E-state index contributed by atoms with van der Waals surface area (Å²) in [6, 6.07) is 7.33. The number of alkyl halides is 1. The molecule has 2 N–H and O–H groups in total. The third-order valence-corrected chi connectivity index (χ3v) is 4.60. The van der Waals surface area contributed by atoms with Crippen LogP contribution in [-0.4, -0.2) is 23.6 Å². The molecule has 0 spiro atoms. The first kappa shape index (κ1) is 14.1. The summed E-state index contributed by atoms with van der Waals surface area (Å²) in [5, 5.41) is 0. The lowest BCUT2D eigenvalue weighted by Crippen LogP contribution is -2.47. The molecule has 2 unspecified atom stereocenters. The number of ether oxygens (including phenoxy) is 1. The first-order chi connectivity index (χ1) is 8.99. The van der Waals surface area contributed by atoms with Crippen LogP contribution in [0.3, 0.4) is 0 Å². The number of Topliss-reactive ketones (excluding diaryl/α,β-unsaturated/α-hetero) is 1. The molecule has 1 aliphatic carbocycles. The molecule has 1 aromatic rings. The second-order valence-electron chi connectivity index (χ2n) is 4.82. The van der Waals surface area contributed by atoms with Crippen LogP contribution in [0.5, 0.6) is 5.75 Å². The number of primary amides is 1. The summed E-state index contributed by atoms with van der Waals surface area (Å²) < 4.78 is 5.19. The number of nitrogens with two attached hydrogens (primary N) is 1. The zero-order valence-corrected chi connectivity index (χ0v) is 12.3. The molecule has 0 aromatic heterocycles. The summed E-state index contributed by atoms with van der Waals surface area (Å²) in [6.07, 6.45) is 1.21. The Kier molecular flexibility index (Phi) is 3.94. The Labute approximate surface area is 120 Å². The number of carbonyl (C=O) groups is 2. The van der Waals surface area contributed by atoms with E-state index < -0.39 is 11.3 Å². The number of amides is 1. The summed E-state index contributed by atoms with van der Waals surface area (Å²) in [5.74, 6) is 0.415. The summed E-state index contributed by atoms with van der Waals surface area (Å²) in [5.41, 5.74) is 5.64. The molecule has 1 aromatic carbocycles. The zero-order chi connectivity index (χ0) is 14.0. The van der Waals surface area contributed by atoms with Crippen LogP contribution in [0.4, 0.5) is 0 Å². The van der Waals surface area contributed by atoms with Crippen LogP contribution in [0, 0.1) is 0 Å². The maximum Gasteiger partial charge on any atom is 0.228 e. The summed E-state index contributed by atoms with van der Waals surface area (Å²) in [4.78, 5) is 23.3. The number of rotatable bonds is 3. The van der Waals surface area contributed by atoms with E-state index in [1.165, 1.54) is 0 Å². The first-order valence-electron chi connectivity index (χ1n) is 6.11. The molecule has 2 atom stereocenters. The summed E-state index contributed by atoms with van der Waals surface area (Å²) in [7, 11) is 1.58. The molecule has 0 bridgehead atoms. The average molecular weight is 326 g/mol. The molecule has 0 radical (unpaired) electrons. The number of halogens is 1. The van der Waals surface area contributed by atoms with Gasteiger partial charge in [-0.25, -0.2) is 0 Å². The van der Waals surface area contributed by atoms with E-state index in [1.807, 2.05) is 24.3 Å². The van der Waals surface area contributed by atoms with Crippen LogP contribution in [-0.2, 0) is 15.0 Å². The molecule has 1 amide bonds. The monoisotopic (exact) mass is 325 g/mol. The van der Waals surface area contributed by atoms with Gasteiger partial charge >= 0.3 is 0 Å². The Balaban J connectivity index is 2.44. The van der Waals surface area contributed by atoms with Gasteiger partial charge in [0.15, 0.2) is 0 Å². The van der Waals surface area contributed by atoms with E-state index in [0.29, 0.717) is 25.0 Å². The molecule has 19 heavy (non-hydrogen) atoms. The van der Waals surface area contributed by atoms with Gasteiger partial charge in [-0.3, -0.25) is 9.59 Å². The number of ketones is 1. The fourth-order valence-corrected chi connectivity index (χ4v) is 3.35. The largest absolute Gasteiger partial charge is 0.497 e. The zero-order valence-electron chi connectivity index (χ0n) is 10.7. The van der Waals surface area contributed by atoms with E-state index in [0.717, 1.165) is 5.56 Å². The fraction of sp³-hybridized carbons (Fsp3) is 0.429. The van der Waals surface area contributed by atoms with Gasteiger partial charge in [-0.2, -0.15) is 0 Å². The molecule has 1 aliphatic rings. The van der Waals surface area contributed by atoms with Gasteiger partial charge in [-0.1, -0.05) is 28.1 Å². The van der Waals surface area contributed by atoms with Gasteiger partial charge in [0.25, 0.3) is 0 Å². The molecular formula is C14H16BrNO3. The summed E-state index contributed by atoms with van der Waals surface area (Å²) >= 11 is 3.34. The number of carbonyl (C=O) groups excluding carboxylic acids is 2. The van der Waals surface area contributed by atoms with Crippen molar-refractivity contribution in [1.29, 1.82) is 0 Å². The van der Waals surface area contributed by atoms with E-state index in [2.05, 4.69) is 15.9 Å². The van der Waals surface area contributed by atoms with Crippen LogP contribution in [0.1, 0.15) is 24.8 Å². The third kappa shape index (κ3) is 2.52. The lowest BCUT2D eigenvalue weighted by Gasteiger charge is -2.36. The Morgan fingerprint density at radius 2 is 2.26 bits per heavy atom. The van der Waals surface area contributed by atoms with Crippen molar-refractivity contribution in [2.75, 3.05) is 7.11 Å². The van der Waals surface area contributed by atoms with Crippen molar-refractivity contribution in [2.24, 2.45) is 5.73 Å². The predicted octanol–water partition coefficient (Wildman–Crippen LogP) is 1.93. The fourth-order valence-electron chi connectivity index (χ4n) is 2.56. The van der Waals surface area contributed by atoms with E-state index in [1.54, 1.807) is 7.11 Å². The van der Waals surface area contributed by atoms with E-state index >= 15 is 0 Å². The average Bonchev–Trinajstić information content (AvgIpc) is 2.41. The first-order valence-corrected chi connectivity index (χ1v) is 7.02. The van der Waals surface area contributed by atoms with Gasteiger partial charge in [-0.05, 0) is 30.5 Å². The molecule has 1 fully saturated rings. The number of benzene rings is 1. The molecule has 1 saturated carbocycles. The standard InChI is InChI=1S/C14H16BrNO3/c1-19-10-4-2-3-9(7-10)14(13(16)18)6-5-12(17)11(15)8-14/h2-4,7,11H,5-6,8H2,1H3,(H2,16,18). The number of methoxy groups -OCH3 is 1. The van der Waals surface area contributed by atoms with Crippen molar-refractivity contribution < 1.29 is 14.3 Å². The van der Waals surface area contributed by atoms with Gasteiger partial charge in [0.05, 0.1) is 17.4 Å². The van der Waals surface area contributed by atoms with Crippen molar-refractivity contribution >= 4 is 27.6 Å². The van der Waals surface area contributed by atoms with E-state index in [4.69, 9.17) is 10.5 Å². The minimum Gasteiger partial charge on any atom is -0.497 e.